The van der Waals surface area contributed by atoms with Crippen LogP contribution >= 0.6 is 0 Å². The summed E-state index contributed by atoms with van der Waals surface area (Å²) in [6, 6.07) is 0. The summed E-state index contributed by atoms with van der Waals surface area (Å²) >= 11 is 0. The van der Waals surface area contributed by atoms with E-state index in [1.165, 1.54) is 13.2 Å². The summed E-state index contributed by atoms with van der Waals surface area (Å²) in [5.74, 6) is -0.172. The maximum Gasteiger partial charge on any atom is 0.330 e. The number of unbranched alkanes of at least 4 members (excludes halogenated alkanes) is 1. The van der Waals surface area contributed by atoms with Crippen LogP contribution in [0.25, 0.3) is 0 Å². The van der Waals surface area contributed by atoms with Crippen LogP contribution in [0.1, 0.15) is 25.7 Å². The van der Waals surface area contributed by atoms with Crippen LogP contribution in [0.4, 0.5) is 0 Å². The average Bonchev–Trinajstić information content (AvgIpc) is 2.17. The van der Waals surface area contributed by atoms with Gasteiger partial charge in [0.05, 0.1) is 7.11 Å². The lowest BCUT2D eigenvalue weighted by atomic mass is 10.1. The van der Waals surface area contributed by atoms with E-state index in [-0.39, 0.29) is 11.8 Å². The summed E-state index contributed by atoms with van der Waals surface area (Å²) in [4.78, 5) is 21.6. The number of carbonyl (C=O) groups is 2. The Balaban J connectivity index is 3.46. The zero-order valence-electron chi connectivity index (χ0n) is 8.49. The van der Waals surface area contributed by atoms with Crippen molar-refractivity contribution in [1.29, 1.82) is 0 Å². The average molecular weight is 196 g/mol. The highest BCUT2D eigenvalue weighted by Crippen LogP contribution is 2.00. The van der Waals surface area contributed by atoms with E-state index < -0.39 is 0 Å². The Kier molecular flexibility index (Phi) is 7.42. The van der Waals surface area contributed by atoms with Crippen LogP contribution in [-0.2, 0) is 14.3 Å². The number of hydrogen-bond acceptors (Lipinski definition) is 3. The van der Waals surface area contributed by atoms with Crippen LogP contribution in [0.15, 0.2) is 24.8 Å². The molecule has 0 atom stereocenters. The van der Waals surface area contributed by atoms with Crippen molar-refractivity contribution in [2.75, 3.05) is 7.11 Å². The minimum Gasteiger partial charge on any atom is -0.466 e. The molecule has 3 nitrogen and oxygen atoms in total. The van der Waals surface area contributed by atoms with Crippen molar-refractivity contribution in [2.45, 2.75) is 25.7 Å². The Hall–Kier alpha value is -1.38. The number of Topliss-reactive ketones (excluding diaryl/α,β-unsaturated/α-hetero) is 1. The topological polar surface area (TPSA) is 43.4 Å². The highest BCUT2D eigenvalue weighted by molar-refractivity contribution is 5.81. The molecule has 0 aliphatic heterocycles. The minimum absolute atomic E-state index is 0.187. The largest absolute Gasteiger partial charge is 0.466 e. The van der Waals surface area contributed by atoms with Gasteiger partial charge in [-0.3, -0.25) is 4.79 Å². The number of hydrogen-bond donors (Lipinski definition) is 0. The number of rotatable bonds is 7. The minimum atomic E-state index is -0.359. The fraction of sp³-hybridized carbons (Fsp3) is 0.455. The zero-order valence-corrected chi connectivity index (χ0v) is 8.49. The van der Waals surface area contributed by atoms with Crippen LogP contribution in [0.2, 0.25) is 0 Å². The molecule has 0 aromatic heterocycles. The highest BCUT2D eigenvalue weighted by Gasteiger charge is 1.97. The van der Waals surface area contributed by atoms with Gasteiger partial charge in [0.15, 0.2) is 0 Å². The quantitative estimate of drug-likeness (QED) is 0.271. The van der Waals surface area contributed by atoms with Gasteiger partial charge in [-0.25, -0.2) is 4.79 Å². The number of esters is 1. The molecule has 0 aromatic carbocycles. The van der Waals surface area contributed by atoms with E-state index in [0.29, 0.717) is 12.8 Å². The van der Waals surface area contributed by atoms with Gasteiger partial charge in [-0.05, 0) is 12.8 Å². The Morgan fingerprint density at radius 2 is 2.14 bits per heavy atom. The van der Waals surface area contributed by atoms with Gasteiger partial charge in [0.25, 0.3) is 0 Å². The number of carbonyl (C=O) groups excluding carboxylic acids is 2. The number of ketones is 1. The molecule has 0 unspecified atom stereocenters. The molecular formula is C11H16O3. The maximum atomic E-state index is 11.0. The van der Waals surface area contributed by atoms with Crippen molar-refractivity contribution >= 4 is 11.8 Å². The third-order valence-corrected chi connectivity index (χ3v) is 1.65. The van der Waals surface area contributed by atoms with Crippen LogP contribution in [0.3, 0.4) is 0 Å². The molecule has 0 heterocycles. The van der Waals surface area contributed by atoms with Crippen LogP contribution < -0.4 is 0 Å². The SMILES string of the molecule is C=CCC(=O)CCC/C=C/C(=O)OC. The van der Waals surface area contributed by atoms with Crippen LogP contribution in [0.5, 0.6) is 0 Å². The molecular weight excluding hydrogens is 180 g/mol. The predicted molar refractivity (Wildman–Crippen MR) is 54.8 cm³/mol. The van der Waals surface area contributed by atoms with Gasteiger partial charge < -0.3 is 4.74 Å². The fourth-order valence-corrected chi connectivity index (χ4v) is 0.928. The van der Waals surface area contributed by atoms with Gasteiger partial charge in [-0.2, -0.15) is 0 Å². The van der Waals surface area contributed by atoms with E-state index in [2.05, 4.69) is 11.3 Å². The van der Waals surface area contributed by atoms with Crippen molar-refractivity contribution in [3.8, 4) is 0 Å². The van der Waals surface area contributed by atoms with Crippen molar-refractivity contribution in [2.24, 2.45) is 0 Å². The van der Waals surface area contributed by atoms with E-state index in [1.54, 1.807) is 12.2 Å². The standard InChI is InChI=1S/C11H16O3/c1-3-7-10(12)8-5-4-6-9-11(13)14-2/h3,6,9H,1,4-5,7-8H2,2H3/b9-6+. The van der Waals surface area contributed by atoms with Crippen molar-refractivity contribution in [1.82, 2.24) is 0 Å². The summed E-state index contributed by atoms with van der Waals surface area (Å²) in [6.45, 7) is 3.48. The lowest BCUT2D eigenvalue weighted by Gasteiger charge is -1.94. The molecule has 0 radical (unpaired) electrons. The van der Waals surface area contributed by atoms with Gasteiger partial charge in [-0.15, -0.1) is 6.58 Å². The van der Waals surface area contributed by atoms with E-state index >= 15 is 0 Å². The van der Waals surface area contributed by atoms with E-state index in [9.17, 15) is 9.59 Å². The lowest BCUT2D eigenvalue weighted by Crippen LogP contribution is -1.95. The molecule has 3 heteroatoms. The van der Waals surface area contributed by atoms with Crippen molar-refractivity contribution < 1.29 is 14.3 Å². The second kappa shape index (κ2) is 8.23. The summed E-state index contributed by atoms with van der Waals surface area (Å²) in [7, 11) is 1.33. The maximum absolute atomic E-state index is 11.0. The first-order chi connectivity index (χ1) is 6.70. The number of methoxy groups -OCH3 is 1. The molecule has 0 N–H and O–H groups in total. The van der Waals surface area contributed by atoms with Gasteiger partial charge in [-0.1, -0.05) is 12.2 Å². The Labute approximate surface area is 84.4 Å². The summed E-state index contributed by atoms with van der Waals surface area (Å²) < 4.78 is 4.41. The second-order valence-corrected chi connectivity index (χ2v) is 2.85. The fourth-order valence-electron chi connectivity index (χ4n) is 0.928. The smallest absolute Gasteiger partial charge is 0.330 e. The molecule has 0 amide bonds. The van der Waals surface area contributed by atoms with E-state index in [1.807, 2.05) is 0 Å². The van der Waals surface area contributed by atoms with Crippen LogP contribution in [0, 0.1) is 0 Å². The molecule has 0 spiro atoms. The first-order valence-corrected chi connectivity index (χ1v) is 4.57. The Morgan fingerprint density at radius 1 is 1.43 bits per heavy atom. The molecule has 0 bridgehead atoms. The molecule has 0 saturated carbocycles. The number of ether oxygens (including phenoxy) is 1. The number of allylic oxidation sites excluding steroid dienone is 2. The first-order valence-electron chi connectivity index (χ1n) is 4.57. The van der Waals surface area contributed by atoms with Gasteiger partial charge in [0, 0.05) is 18.9 Å². The normalized spacial score (nSPS) is 10.1. The molecule has 0 aromatic rings. The Bertz CT molecular complexity index is 229. The predicted octanol–water partition coefficient (Wildman–Crippen LogP) is 2.03. The molecule has 78 valence electrons. The molecule has 14 heavy (non-hydrogen) atoms. The summed E-state index contributed by atoms with van der Waals surface area (Å²) in [6.07, 6.45) is 7.15. The molecule has 0 rings (SSSR count). The third kappa shape index (κ3) is 7.28. The van der Waals surface area contributed by atoms with Crippen molar-refractivity contribution in [3.63, 3.8) is 0 Å². The molecule has 0 aliphatic rings. The zero-order chi connectivity index (χ0) is 10.8. The van der Waals surface area contributed by atoms with E-state index in [0.717, 1.165) is 12.8 Å². The first kappa shape index (κ1) is 12.6. The summed E-state index contributed by atoms with van der Waals surface area (Å²) in [5, 5.41) is 0. The Morgan fingerprint density at radius 3 is 2.71 bits per heavy atom. The van der Waals surface area contributed by atoms with E-state index in [4.69, 9.17) is 0 Å². The van der Waals surface area contributed by atoms with Gasteiger partial charge in [0.1, 0.15) is 5.78 Å². The molecule has 0 aliphatic carbocycles. The second-order valence-electron chi connectivity index (χ2n) is 2.85. The molecule has 0 saturated heterocycles. The monoisotopic (exact) mass is 196 g/mol. The third-order valence-electron chi connectivity index (χ3n) is 1.65. The lowest BCUT2D eigenvalue weighted by molar-refractivity contribution is -0.134. The van der Waals surface area contributed by atoms with Gasteiger partial charge >= 0.3 is 5.97 Å². The van der Waals surface area contributed by atoms with Crippen molar-refractivity contribution in [3.05, 3.63) is 24.8 Å². The van der Waals surface area contributed by atoms with Crippen LogP contribution in [-0.4, -0.2) is 18.9 Å². The highest BCUT2D eigenvalue weighted by atomic mass is 16.5. The summed E-state index contributed by atoms with van der Waals surface area (Å²) in [5.41, 5.74) is 0. The molecule has 0 fully saturated rings. The van der Waals surface area contributed by atoms with Gasteiger partial charge in [0.2, 0.25) is 0 Å².